The molecule has 0 saturated heterocycles. The lowest BCUT2D eigenvalue weighted by molar-refractivity contribution is -0.147. The fourth-order valence-electron chi connectivity index (χ4n) is 1.91. The zero-order valence-corrected chi connectivity index (χ0v) is 15.0. The molecule has 0 rings (SSSR count). The second kappa shape index (κ2) is 11.9. The van der Waals surface area contributed by atoms with E-state index in [1.54, 1.807) is 0 Å². The molecule has 3 unspecified atom stereocenters. The van der Waals surface area contributed by atoms with Crippen LogP contribution in [0.4, 0.5) is 0 Å². The highest BCUT2D eigenvalue weighted by Gasteiger charge is 2.27. The zero-order chi connectivity index (χ0) is 22.7. The molecule has 0 aliphatic carbocycles. The maximum Gasteiger partial charge on any atom is 0.326 e. The lowest BCUT2D eigenvalue weighted by Gasteiger charge is -2.19. The van der Waals surface area contributed by atoms with E-state index in [4.69, 9.17) is 27.4 Å². The predicted molar refractivity (Wildman–Crippen MR) is 92.4 cm³/mol. The second-order valence-corrected chi connectivity index (χ2v) is 5.78. The Labute approximate surface area is 163 Å². The van der Waals surface area contributed by atoms with Crippen LogP contribution in [0.15, 0.2) is 0 Å². The smallest absolute Gasteiger partial charge is 0.326 e. The number of carboxylic acids is 2. The van der Waals surface area contributed by atoms with Gasteiger partial charge in [0.1, 0.15) is 12.1 Å². The van der Waals surface area contributed by atoms with E-state index in [1.165, 1.54) is 0 Å². The molecule has 0 spiro atoms. The number of primary amides is 2. The molecule has 0 heterocycles. The van der Waals surface area contributed by atoms with Crippen LogP contribution in [0.5, 0.6) is 0 Å². The van der Waals surface area contributed by atoms with Crippen LogP contribution in [0.2, 0.25) is 0 Å². The number of carbonyl (C=O) groups is 7. The van der Waals surface area contributed by atoms with E-state index in [0.717, 1.165) is 0 Å². The van der Waals surface area contributed by atoms with Gasteiger partial charge < -0.3 is 43.4 Å². The van der Waals surface area contributed by atoms with Gasteiger partial charge in [-0.3, -0.25) is 28.8 Å². The molecule has 11 N–H and O–H groups in total. The predicted octanol–water partition coefficient (Wildman–Crippen LogP) is -5.29. The van der Waals surface area contributed by atoms with Crippen molar-refractivity contribution < 1.29 is 43.8 Å². The van der Waals surface area contributed by atoms with Crippen LogP contribution in [-0.2, 0) is 33.6 Å². The van der Waals surface area contributed by atoms with Crippen molar-refractivity contribution in [1.29, 1.82) is 0 Å². The van der Waals surface area contributed by atoms with Crippen molar-refractivity contribution in [1.82, 2.24) is 16.0 Å². The number of amides is 5. The highest BCUT2D eigenvalue weighted by atomic mass is 16.4. The molecular formula is C14H22N6O9. The molecule has 0 fully saturated rings. The van der Waals surface area contributed by atoms with E-state index < -0.39 is 85.4 Å². The molecule has 15 heteroatoms. The molecule has 0 aromatic rings. The van der Waals surface area contributed by atoms with Crippen molar-refractivity contribution in [2.75, 3.05) is 6.54 Å². The van der Waals surface area contributed by atoms with Crippen molar-refractivity contribution in [3.63, 3.8) is 0 Å². The van der Waals surface area contributed by atoms with E-state index >= 15 is 0 Å². The topological polar surface area (TPSA) is 274 Å². The molecule has 5 amide bonds. The summed E-state index contributed by atoms with van der Waals surface area (Å²) in [5, 5.41) is 23.4. The van der Waals surface area contributed by atoms with Gasteiger partial charge in [0.15, 0.2) is 0 Å². The van der Waals surface area contributed by atoms with E-state index in [1.807, 2.05) is 10.6 Å². The molecule has 0 saturated carbocycles. The Morgan fingerprint density at radius 3 is 1.76 bits per heavy atom. The molecule has 0 aliphatic rings. The Morgan fingerprint density at radius 2 is 1.31 bits per heavy atom. The normalized spacial score (nSPS) is 13.3. The van der Waals surface area contributed by atoms with Crippen LogP contribution in [0.3, 0.4) is 0 Å². The van der Waals surface area contributed by atoms with Gasteiger partial charge in [-0.2, -0.15) is 0 Å². The summed E-state index contributed by atoms with van der Waals surface area (Å²) in [5.41, 5.74) is 15.3. The average Bonchev–Trinajstić information content (AvgIpc) is 2.56. The van der Waals surface area contributed by atoms with Gasteiger partial charge in [0.2, 0.25) is 29.5 Å². The molecule has 0 aliphatic heterocycles. The number of nitrogens with two attached hydrogens (primary N) is 3. The molecule has 0 bridgehead atoms. The minimum Gasteiger partial charge on any atom is -0.481 e. The van der Waals surface area contributed by atoms with Crippen LogP contribution in [-0.4, -0.2) is 76.4 Å². The van der Waals surface area contributed by atoms with Crippen molar-refractivity contribution in [3.8, 4) is 0 Å². The van der Waals surface area contributed by atoms with Gasteiger partial charge in [-0.25, -0.2) is 4.79 Å². The van der Waals surface area contributed by atoms with E-state index in [2.05, 4.69) is 5.32 Å². The first-order chi connectivity index (χ1) is 13.3. The first-order valence-electron chi connectivity index (χ1n) is 7.97. The van der Waals surface area contributed by atoms with Crippen LogP contribution < -0.4 is 33.2 Å². The summed E-state index contributed by atoms with van der Waals surface area (Å²) in [6.07, 6.45) is -2.09. The molecule has 15 nitrogen and oxygen atoms in total. The highest BCUT2D eigenvalue weighted by Crippen LogP contribution is 1.96. The van der Waals surface area contributed by atoms with Crippen LogP contribution in [0.25, 0.3) is 0 Å². The molecule has 0 aromatic carbocycles. The number of hydrogen-bond donors (Lipinski definition) is 8. The fraction of sp³-hybridized carbons (Fsp3) is 0.500. The molecule has 0 aromatic heterocycles. The third kappa shape index (κ3) is 10.9. The summed E-state index contributed by atoms with van der Waals surface area (Å²) < 4.78 is 0. The first-order valence-corrected chi connectivity index (χ1v) is 7.97. The Morgan fingerprint density at radius 1 is 0.759 bits per heavy atom. The fourth-order valence-corrected chi connectivity index (χ4v) is 1.91. The van der Waals surface area contributed by atoms with Gasteiger partial charge in [-0.1, -0.05) is 0 Å². The van der Waals surface area contributed by atoms with Crippen LogP contribution in [0.1, 0.15) is 19.3 Å². The maximum atomic E-state index is 12.1. The van der Waals surface area contributed by atoms with Gasteiger partial charge in [-0.05, 0) is 0 Å². The van der Waals surface area contributed by atoms with Gasteiger partial charge in [0.25, 0.3) is 0 Å². The van der Waals surface area contributed by atoms with Gasteiger partial charge in [-0.15, -0.1) is 0 Å². The summed E-state index contributed by atoms with van der Waals surface area (Å²) >= 11 is 0. The summed E-state index contributed by atoms with van der Waals surface area (Å²) in [7, 11) is 0. The minimum absolute atomic E-state index is 0.528. The largest absolute Gasteiger partial charge is 0.481 e. The Balaban J connectivity index is 4.89. The van der Waals surface area contributed by atoms with E-state index in [0.29, 0.717) is 0 Å². The van der Waals surface area contributed by atoms with E-state index in [9.17, 15) is 33.6 Å². The van der Waals surface area contributed by atoms with Gasteiger partial charge in [0, 0.05) is 0 Å². The third-order valence-electron chi connectivity index (χ3n) is 3.23. The number of rotatable bonds is 13. The number of aliphatic carboxylic acids is 2. The highest BCUT2D eigenvalue weighted by molar-refractivity contribution is 5.96. The summed E-state index contributed by atoms with van der Waals surface area (Å²) in [6.45, 7) is -0.791. The molecule has 0 radical (unpaired) electrons. The van der Waals surface area contributed by atoms with Gasteiger partial charge in [0.05, 0.1) is 31.8 Å². The van der Waals surface area contributed by atoms with Gasteiger partial charge >= 0.3 is 11.9 Å². The summed E-state index contributed by atoms with van der Waals surface area (Å²) in [4.78, 5) is 79.0. The lowest BCUT2D eigenvalue weighted by Crippen LogP contribution is -2.55. The number of hydrogen-bond acceptors (Lipinski definition) is 8. The number of carbonyl (C=O) groups excluding carboxylic acids is 5. The van der Waals surface area contributed by atoms with E-state index in [-0.39, 0.29) is 0 Å². The van der Waals surface area contributed by atoms with Crippen molar-refractivity contribution in [3.05, 3.63) is 0 Å². The van der Waals surface area contributed by atoms with Crippen molar-refractivity contribution >= 4 is 41.5 Å². The summed E-state index contributed by atoms with van der Waals surface area (Å²) in [5.74, 6) is -8.00. The molecular weight excluding hydrogens is 396 g/mol. The Bertz CT molecular complexity index is 695. The average molecular weight is 418 g/mol. The van der Waals surface area contributed by atoms with Crippen molar-refractivity contribution in [2.24, 2.45) is 17.2 Å². The monoisotopic (exact) mass is 418 g/mol. The molecule has 29 heavy (non-hydrogen) atoms. The number of nitrogens with one attached hydrogen (secondary N) is 3. The number of carboxylic acid groups (broad SMARTS) is 2. The van der Waals surface area contributed by atoms with Crippen LogP contribution in [0, 0.1) is 0 Å². The van der Waals surface area contributed by atoms with Crippen molar-refractivity contribution in [2.45, 2.75) is 37.4 Å². The third-order valence-corrected chi connectivity index (χ3v) is 3.23. The SMILES string of the molecule is NC(=O)CC(N)C(=O)NC(CC(N)=O)C(=O)NCC(=O)NC(CC(=O)O)C(=O)O. The Hall–Kier alpha value is -3.75. The minimum atomic E-state index is -1.73. The Kier molecular flexibility index (Phi) is 10.3. The molecule has 162 valence electrons. The first kappa shape index (κ1) is 25.2. The molecule has 3 atom stereocenters. The maximum absolute atomic E-state index is 12.1. The second-order valence-electron chi connectivity index (χ2n) is 5.78. The quantitative estimate of drug-likeness (QED) is 0.141. The standard InChI is InChI=1S/C14H22N6O9/c15-5(1-8(16)21)12(26)20-6(2-9(17)22)13(27)18-4-10(23)19-7(14(28)29)3-11(24)25/h5-7H,1-4,15H2,(H2,16,21)(H2,17,22)(H,18,27)(H,19,23)(H,20,26)(H,24,25)(H,28,29). The lowest BCUT2D eigenvalue weighted by atomic mass is 10.1. The summed E-state index contributed by atoms with van der Waals surface area (Å²) in [6, 6.07) is -4.67. The van der Waals surface area contributed by atoms with Crippen LogP contribution >= 0.6 is 0 Å². The zero-order valence-electron chi connectivity index (χ0n) is 15.0.